The van der Waals surface area contributed by atoms with Gasteiger partial charge in [0.25, 0.3) is 0 Å². The van der Waals surface area contributed by atoms with Gasteiger partial charge in [-0.15, -0.1) is 11.6 Å². The Morgan fingerprint density at radius 2 is 2.00 bits per heavy atom. The van der Waals surface area contributed by atoms with Crippen LogP contribution >= 0.6 is 11.6 Å². The summed E-state index contributed by atoms with van der Waals surface area (Å²) in [4.78, 5) is 0. The molecule has 5 heteroatoms. The molecule has 1 N–H and O–H groups in total. The van der Waals surface area contributed by atoms with Gasteiger partial charge >= 0.3 is 0 Å². The fourth-order valence-corrected chi connectivity index (χ4v) is 4.12. The molecule has 3 nitrogen and oxygen atoms in total. The number of rotatable bonds is 5. The predicted molar refractivity (Wildman–Crippen MR) is 68.2 cm³/mol. The van der Waals surface area contributed by atoms with Gasteiger partial charge in [0.2, 0.25) is 10.0 Å². The molecule has 3 unspecified atom stereocenters. The molecule has 96 valence electrons. The zero-order chi connectivity index (χ0) is 12.2. The van der Waals surface area contributed by atoms with Gasteiger partial charge < -0.3 is 0 Å². The number of sulfonamides is 1. The fourth-order valence-electron chi connectivity index (χ4n) is 2.37. The minimum absolute atomic E-state index is 0.122. The molecule has 0 aromatic heterocycles. The van der Waals surface area contributed by atoms with Crippen molar-refractivity contribution in [2.45, 2.75) is 45.6 Å². The summed E-state index contributed by atoms with van der Waals surface area (Å²) in [7, 11) is -3.13. The maximum absolute atomic E-state index is 11.7. The second-order valence-corrected chi connectivity index (χ2v) is 7.23. The van der Waals surface area contributed by atoms with Crippen molar-refractivity contribution in [1.82, 2.24) is 4.72 Å². The van der Waals surface area contributed by atoms with Crippen molar-refractivity contribution in [2.75, 3.05) is 11.6 Å². The molecular formula is C11H22ClNO2S. The van der Waals surface area contributed by atoms with Crippen molar-refractivity contribution in [3.63, 3.8) is 0 Å². The minimum Gasteiger partial charge on any atom is -0.212 e. The highest BCUT2D eigenvalue weighted by molar-refractivity contribution is 7.89. The van der Waals surface area contributed by atoms with Gasteiger partial charge in [0.1, 0.15) is 0 Å². The zero-order valence-electron chi connectivity index (χ0n) is 10.1. The Hall–Kier alpha value is 0.200. The molecule has 1 rings (SSSR count). The first-order chi connectivity index (χ1) is 7.44. The van der Waals surface area contributed by atoms with E-state index in [0.29, 0.717) is 18.2 Å². The molecule has 0 aliphatic heterocycles. The van der Waals surface area contributed by atoms with Crippen molar-refractivity contribution >= 4 is 21.6 Å². The highest BCUT2D eigenvalue weighted by Gasteiger charge is 2.28. The number of hydrogen-bond acceptors (Lipinski definition) is 2. The third-order valence-corrected chi connectivity index (χ3v) is 5.06. The van der Waals surface area contributed by atoms with Crippen LogP contribution in [-0.4, -0.2) is 26.1 Å². The molecule has 1 aliphatic carbocycles. The first kappa shape index (κ1) is 14.3. The van der Waals surface area contributed by atoms with Gasteiger partial charge in [-0.2, -0.15) is 0 Å². The van der Waals surface area contributed by atoms with E-state index in [1.165, 1.54) is 0 Å². The maximum atomic E-state index is 11.7. The zero-order valence-corrected chi connectivity index (χ0v) is 11.6. The third-order valence-electron chi connectivity index (χ3n) is 3.31. The summed E-state index contributed by atoms with van der Waals surface area (Å²) in [6.07, 6.45) is 3.71. The molecule has 0 aromatic carbocycles. The molecular weight excluding hydrogens is 246 g/mol. The van der Waals surface area contributed by atoms with Crippen molar-refractivity contribution < 1.29 is 8.42 Å². The standard InChI is InChI=1S/C11H22ClNO2S/c1-9-4-5-11(10(2)8-9)13-16(14,15)7-3-6-12/h9-11,13H,3-8H2,1-2H3. The molecule has 0 heterocycles. The van der Waals surface area contributed by atoms with Gasteiger partial charge in [-0.3, -0.25) is 0 Å². The Bertz CT molecular complexity index is 305. The topological polar surface area (TPSA) is 46.2 Å². The van der Waals surface area contributed by atoms with E-state index < -0.39 is 10.0 Å². The second-order valence-electron chi connectivity index (χ2n) is 4.98. The van der Waals surface area contributed by atoms with Gasteiger partial charge in [0, 0.05) is 11.9 Å². The maximum Gasteiger partial charge on any atom is 0.211 e. The molecule has 1 fully saturated rings. The lowest BCUT2D eigenvalue weighted by Gasteiger charge is -2.32. The lowest BCUT2D eigenvalue weighted by Crippen LogP contribution is -2.43. The fraction of sp³-hybridized carbons (Fsp3) is 1.00. The molecule has 0 aromatic rings. The van der Waals surface area contributed by atoms with E-state index in [9.17, 15) is 8.42 Å². The van der Waals surface area contributed by atoms with E-state index in [-0.39, 0.29) is 11.8 Å². The summed E-state index contributed by atoms with van der Waals surface area (Å²) < 4.78 is 26.2. The number of halogens is 1. The van der Waals surface area contributed by atoms with Crippen molar-refractivity contribution in [3.05, 3.63) is 0 Å². The largest absolute Gasteiger partial charge is 0.212 e. The average molecular weight is 268 g/mol. The molecule has 0 radical (unpaired) electrons. The van der Waals surface area contributed by atoms with Crippen LogP contribution in [0, 0.1) is 11.8 Å². The number of hydrogen-bond donors (Lipinski definition) is 1. The second kappa shape index (κ2) is 6.22. The van der Waals surface area contributed by atoms with Gasteiger partial charge in [0.05, 0.1) is 5.75 Å². The van der Waals surface area contributed by atoms with Crippen molar-refractivity contribution in [3.8, 4) is 0 Å². The van der Waals surface area contributed by atoms with Gasteiger partial charge in [-0.1, -0.05) is 13.8 Å². The van der Waals surface area contributed by atoms with Crippen LogP contribution in [-0.2, 0) is 10.0 Å². The van der Waals surface area contributed by atoms with E-state index in [0.717, 1.165) is 25.2 Å². The average Bonchev–Trinajstić information content (AvgIpc) is 2.19. The molecule has 16 heavy (non-hydrogen) atoms. The van der Waals surface area contributed by atoms with Crippen LogP contribution in [0.15, 0.2) is 0 Å². The molecule has 0 spiro atoms. The van der Waals surface area contributed by atoms with E-state index >= 15 is 0 Å². The lowest BCUT2D eigenvalue weighted by molar-refractivity contribution is 0.249. The van der Waals surface area contributed by atoms with Crippen molar-refractivity contribution in [1.29, 1.82) is 0 Å². The van der Waals surface area contributed by atoms with Crippen LogP contribution in [0.4, 0.5) is 0 Å². The monoisotopic (exact) mass is 267 g/mol. The van der Waals surface area contributed by atoms with E-state index in [1.54, 1.807) is 0 Å². The first-order valence-corrected chi connectivity index (χ1v) is 8.19. The Labute approximate surface area is 104 Å². The van der Waals surface area contributed by atoms with E-state index in [2.05, 4.69) is 18.6 Å². The third kappa shape index (κ3) is 4.60. The van der Waals surface area contributed by atoms with Crippen LogP contribution in [0.1, 0.15) is 39.5 Å². The Morgan fingerprint density at radius 1 is 1.31 bits per heavy atom. The molecule has 0 amide bonds. The Kier molecular flexibility index (Phi) is 5.54. The van der Waals surface area contributed by atoms with Crippen LogP contribution in [0.5, 0.6) is 0 Å². The van der Waals surface area contributed by atoms with Crippen molar-refractivity contribution in [2.24, 2.45) is 11.8 Å². The minimum atomic E-state index is -3.13. The van der Waals surface area contributed by atoms with Crippen LogP contribution < -0.4 is 4.72 Å². The van der Waals surface area contributed by atoms with Gasteiger partial charge in [0.15, 0.2) is 0 Å². The summed E-state index contributed by atoms with van der Waals surface area (Å²) in [5.41, 5.74) is 0. The molecule has 0 bridgehead atoms. The quantitative estimate of drug-likeness (QED) is 0.778. The first-order valence-electron chi connectivity index (χ1n) is 6.00. The van der Waals surface area contributed by atoms with Crippen LogP contribution in [0.25, 0.3) is 0 Å². The normalized spacial score (nSPS) is 31.6. The Balaban J connectivity index is 2.47. The van der Waals surface area contributed by atoms with Gasteiger partial charge in [-0.05, 0) is 37.5 Å². The number of nitrogens with one attached hydrogen (secondary N) is 1. The molecule has 1 saturated carbocycles. The summed E-state index contributed by atoms with van der Waals surface area (Å²) in [6, 6.07) is 0.122. The summed E-state index contributed by atoms with van der Waals surface area (Å²) in [5, 5.41) is 0. The SMILES string of the molecule is CC1CCC(NS(=O)(=O)CCCCl)C(C)C1. The van der Waals surface area contributed by atoms with E-state index in [4.69, 9.17) is 11.6 Å². The highest BCUT2D eigenvalue weighted by atomic mass is 35.5. The lowest BCUT2D eigenvalue weighted by atomic mass is 9.80. The van der Waals surface area contributed by atoms with Crippen LogP contribution in [0.3, 0.4) is 0 Å². The smallest absolute Gasteiger partial charge is 0.211 e. The summed E-state index contributed by atoms with van der Waals surface area (Å²) in [5.74, 6) is 1.71. The molecule has 0 saturated heterocycles. The van der Waals surface area contributed by atoms with E-state index in [1.807, 2.05) is 0 Å². The summed E-state index contributed by atoms with van der Waals surface area (Å²) >= 11 is 5.51. The number of alkyl halides is 1. The van der Waals surface area contributed by atoms with Gasteiger partial charge in [-0.25, -0.2) is 13.1 Å². The predicted octanol–water partition coefficient (Wildman–Crippen LogP) is 2.36. The Morgan fingerprint density at radius 3 is 2.56 bits per heavy atom. The summed E-state index contributed by atoms with van der Waals surface area (Å²) in [6.45, 7) is 4.36. The molecule has 3 atom stereocenters. The highest BCUT2D eigenvalue weighted by Crippen LogP contribution is 2.28. The van der Waals surface area contributed by atoms with Crippen LogP contribution in [0.2, 0.25) is 0 Å². The molecule has 1 aliphatic rings.